The fourth-order valence-corrected chi connectivity index (χ4v) is 4.59. The molecule has 0 saturated carbocycles. The zero-order chi connectivity index (χ0) is 23.3. The number of aromatic nitrogens is 2. The van der Waals surface area contributed by atoms with Gasteiger partial charge in [-0.25, -0.2) is 9.98 Å². The lowest BCUT2D eigenvalue weighted by molar-refractivity contribution is -0.381. The van der Waals surface area contributed by atoms with Crippen molar-refractivity contribution < 1.29 is 43.9 Å². The molecule has 2 aromatic rings. The summed E-state index contributed by atoms with van der Waals surface area (Å²) in [6.45, 7) is 19.8. The van der Waals surface area contributed by atoms with Crippen LogP contribution in [-0.2, 0) is 0 Å². The van der Waals surface area contributed by atoms with Crippen LogP contribution in [0.25, 0.3) is 12.2 Å². The van der Waals surface area contributed by atoms with Crippen LogP contribution in [0.5, 0.6) is 0 Å². The fourth-order valence-electron chi connectivity index (χ4n) is 4.59. The second-order valence-corrected chi connectivity index (χ2v) is 9.44. The zero-order valence-corrected chi connectivity index (χ0v) is 24.8. The summed E-state index contributed by atoms with van der Waals surface area (Å²) in [5, 5.41) is 0. The summed E-state index contributed by atoms with van der Waals surface area (Å²) in [5.74, 6) is 0.245. The third kappa shape index (κ3) is 4.80. The van der Waals surface area contributed by atoms with E-state index in [0.717, 1.165) is 0 Å². The van der Waals surface area contributed by atoms with Gasteiger partial charge in [0.25, 0.3) is 0 Å². The highest BCUT2D eigenvalue weighted by Crippen LogP contribution is 2.34. The summed E-state index contributed by atoms with van der Waals surface area (Å²) in [6.07, 6.45) is 8.63. The number of H-pyrrole nitrogens is 2. The van der Waals surface area contributed by atoms with Crippen LogP contribution in [0, 0.1) is 27.7 Å². The SMILES string of the molecule is CC1=C(C)/C(=C/c2[nH]c(C(C)c3[nH]c(/C=C4/[NH+]=CC(C)=C4C)c(C)c3C)c(C)c2C)[NH+]=C1.[Br-].[Br-]. The molecule has 4 N–H and O–H groups in total. The summed E-state index contributed by atoms with van der Waals surface area (Å²) in [5.41, 5.74) is 17.7. The number of hydrogen-bond acceptors (Lipinski definition) is 0. The Morgan fingerprint density at radius 1 is 0.618 bits per heavy atom. The number of halogens is 2. The lowest BCUT2D eigenvalue weighted by atomic mass is 9.96. The Bertz CT molecular complexity index is 1210. The molecule has 6 heteroatoms. The molecule has 182 valence electrons. The summed E-state index contributed by atoms with van der Waals surface area (Å²) >= 11 is 0. The highest BCUT2D eigenvalue weighted by atomic mass is 79.9. The Hall–Kier alpha value is -2.18. The van der Waals surface area contributed by atoms with Crippen molar-refractivity contribution >= 4 is 24.6 Å². The number of allylic oxidation sites excluding steroid dienone is 4. The molecular formula is C28H36Br2N4. The van der Waals surface area contributed by atoms with E-state index >= 15 is 0 Å². The molecule has 4 heterocycles. The molecule has 0 saturated heterocycles. The molecule has 1 atom stereocenters. The average molecular weight is 588 g/mol. The number of rotatable bonds is 4. The molecule has 0 amide bonds. The monoisotopic (exact) mass is 586 g/mol. The van der Waals surface area contributed by atoms with Gasteiger partial charge in [-0.2, -0.15) is 0 Å². The molecule has 0 radical (unpaired) electrons. The predicted octanol–water partition coefficient (Wildman–Crippen LogP) is -2.58. The molecule has 1 unspecified atom stereocenters. The first-order chi connectivity index (χ1) is 15.1. The molecule has 34 heavy (non-hydrogen) atoms. The van der Waals surface area contributed by atoms with Crippen LogP contribution in [-0.4, -0.2) is 22.4 Å². The van der Waals surface area contributed by atoms with Gasteiger partial charge in [0.05, 0.1) is 0 Å². The Balaban J connectivity index is 0.00000204. The van der Waals surface area contributed by atoms with Gasteiger partial charge in [0, 0.05) is 63.1 Å². The average Bonchev–Trinajstić information content (AvgIpc) is 3.44. The first kappa shape index (κ1) is 28.1. The van der Waals surface area contributed by atoms with Crippen molar-refractivity contribution in [1.82, 2.24) is 9.97 Å². The van der Waals surface area contributed by atoms with Crippen LogP contribution >= 0.6 is 0 Å². The van der Waals surface area contributed by atoms with E-state index in [1.165, 1.54) is 78.7 Å². The molecule has 2 aromatic heterocycles. The lowest BCUT2D eigenvalue weighted by Crippen LogP contribution is -3.00. The summed E-state index contributed by atoms with van der Waals surface area (Å²) in [7, 11) is 0. The van der Waals surface area contributed by atoms with E-state index in [1.54, 1.807) is 0 Å². The molecule has 2 aliphatic rings. The number of aromatic amines is 2. The van der Waals surface area contributed by atoms with E-state index in [0.29, 0.717) is 0 Å². The normalized spacial score (nSPS) is 18.4. The maximum atomic E-state index is 3.74. The molecule has 0 fully saturated rings. The second-order valence-electron chi connectivity index (χ2n) is 9.44. The molecule has 0 aromatic carbocycles. The standard InChI is InChI=1S/C28H34N4.2BrH/c1-14-12-29-23(16(14)3)10-25-18(5)20(7)27(31-25)22(9)28-21(8)19(6)26(32-28)11-24-17(4)15(2)13-30-24;;/h10-13,22,31-32H,1-9H3;2*1H/b23-10-,24-11+;;. The van der Waals surface area contributed by atoms with Gasteiger partial charge < -0.3 is 43.9 Å². The molecule has 4 rings (SSSR count). The van der Waals surface area contributed by atoms with Gasteiger partial charge in [-0.1, -0.05) is 6.92 Å². The van der Waals surface area contributed by atoms with E-state index < -0.39 is 0 Å². The van der Waals surface area contributed by atoms with Crippen molar-refractivity contribution in [2.75, 3.05) is 0 Å². The quantitative estimate of drug-likeness (QED) is 0.304. The minimum absolute atomic E-state index is 0. The van der Waals surface area contributed by atoms with Gasteiger partial charge >= 0.3 is 0 Å². The molecule has 0 spiro atoms. The van der Waals surface area contributed by atoms with Crippen LogP contribution in [0.4, 0.5) is 0 Å². The first-order valence-corrected chi connectivity index (χ1v) is 11.5. The Labute approximate surface area is 224 Å². The lowest BCUT2D eigenvalue weighted by Gasteiger charge is -2.12. The zero-order valence-electron chi connectivity index (χ0n) is 21.6. The Kier molecular flexibility index (Phi) is 8.76. The summed E-state index contributed by atoms with van der Waals surface area (Å²) in [4.78, 5) is 14.3. The van der Waals surface area contributed by atoms with Crippen LogP contribution < -0.4 is 43.9 Å². The maximum Gasteiger partial charge on any atom is 0.209 e. The smallest absolute Gasteiger partial charge is 0.209 e. The van der Waals surface area contributed by atoms with E-state index in [-0.39, 0.29) is 39.9 Å². The molecular weight excluding hydrogens is 552 g/mol. The molecule has 0 bridgehead atoms. The fraction of sp³-hybridized carbons (Fsp3) is 0.357. The second kappa shape index (κ2) is 10.6. The van der Waals surface area contributed by atoms with Crippen LogP contribution in [0.15, 0.2) is 33.7 Å². The third-order valence-corrected chi connectivity index (χ3v) is 7.60. The summed E-state index contributed by atoms with van der Waals surface area (Å²) < 4.78 is 0. The number of hydrogen-bond donors (Lipinski definition) is 4. The minimum Gasteiger partial charge on any atom is -1.00 e. The van der Waals surface area contributed by atoms with Crippen LogP contribution in [0.2, 0.25) is 0 Å². The highest BCUT2D eigenvalue weighted by Gasteiger charge is 2.24. The Morgan fingerprint density at radius 2 is 0.971 bits per heavy atom. The maximum absolute atomic E-state index is 3.74. The first-order valence-electron chi connectivity index (χ1n) is 11.5. The van der Waals surface area contributed by atoms with Crippen molar-refractivity contribution in [3.8, 4) is 0 Å². The third-order valence-electron chi connectivity index (χ3n) is 7.60. The van der Waals surface area contributed by atoms with Gasteiger partial charge in [0.2, 0.25) is 11.4 Å². The van der Waals surface area contributed by atoms with E-state index in [4.69, 9.17) is 0 Å². The van der Waals surface area contributed by atoms with Gasteiger partial charge in [-0.15, -0.1) is 0 Å². The van der Waals surface area contributed by atoms with Crippen LogP contribution in [0.3, 0.4) is 0 Å². The van der Waals surface area contributed by atoms with Crippen molar-refractivity contribution in [2.45, 2.75) is 68.2 Å². The highest BCUT2D eigenvalue weighted by molar-refractivity contribution is 5.80. The van der Waals surface area contributed by atoms with Crippen molar-refractivity contribution in [3.05, 3.63) is 78.7 Å². The topological polar surface area (TPSA) is 59.5 Å². The van der Waals surface area contributed by atoms with E-state index in [2.05, 4.69) is 107 Å². The van der Waals surface area contributed by atoms with Crippen molar-refractivity contribution in [2.24, 2.45) is 0 Å². The largest absolute Gasteiger partial charge is 1.00 e. The van der Waals surface area contributed by atoms with Crippen molar-refractivity contribution in [3.63, 3.8) is 0 Å². The molecule has 2 aliphatic heterocycles. The van der Waals surface area contributed by atoms with Crippen LogP contribution in [0.1, 0.15) is 85.6 Å². The van der Waals surface area contributed by atoms with Gasteiger partial charge in [-0.3, -0.25) is 0 Å². The number of nitrogens with one attached hydrogen (secondary N) is 4. The Morgan fingerprint density at radius 3 is 1.26 bits per heavy atom. The minimum atomic E-state index is 0. The van der Waals surface area contributed by atoms with E-state index in [9.17, 15) is 0 Å². The van der Waals surface area contributed by atoms with Crippen molar-refractivity contribution in [1.29, 1.82) is 0 Å². The van der Waals surface area contributed by atoms with Gasteiger partial charge in [0.15, 0.2) is 12.4 Å². The molecule has 0 aliphatic carbocycles. The predicted molar refractivity (Wildman–Crippen MR) is 135 cm³/mol. The van der Waals surface area contributed by atoms with E-state index in [1.807, 2.05) is 0 Å². The molecule has 4 nitrogen and oxygen atoms in total. The van der Waals surface area contributed by atoms with Gasteiger partial charge in [0.1, 0.15) is 0 Å². The van der Waals surface area contributed by atoms with Gasteiger partial charge in [-0.05, 0) is 77.6 Å². The summed E-state index contributed by atoms with van der Waals surface area (Å²) in [6, 6.07) is 0.